The van der Waals surface area contributed by atoms with Crippen LogP contribution in [0.5, 0.6) is 0 Å². The number of carbonyl (C=O) groups is 1. The maximum atomic E-state index is 12.1. The molecule has 1 aliphatic heterocycles. The third kappa shape index (κ3) is 3.58. The summed E-state index contributed by atoms with van der Waals surface area (Å²) in [4.78, 5) is 13.9. The number of piperidine rings is 1. The zero-order chi connectivity index (χ0) is 13.7. The lowest BCUT2D eigenvalue weighted by Gasteiger charge is -2.31. The Morgan fingerprint density at radius 2 is 2.37 bits per heavy atom. The van der Waals surface area contributed by atoms with Crippen LogP contribution in [0.15, 0.2) is 10.6 Å². The minimum absolute atomic E-state index is 0.0800. The molecule has 1 aromatic rings. The average Bonchev–Trinajstić information content (AvgIpc) is 2.86. The topological polar surface area (TPSA) is 55.6 Å². The molecule has 2 heterocycles. The van der Waals surface area contributed by atoms with Crippen LogP contribution < -0.4 is 0 Å². The first kappa shape index (κ1) is 13.6. The molecule has 1 aliphatic rings. The van der Waals surface area contributed by atoms with Gasteiger partial charge < -0.3 is 14.2 Å². The Hall–Kier alpha value is -1.80. The van der Waals surface area contributed by atoms with E-state index in [9.17, 15) is 4.79 Å². The van der Waals surface area contributed by atoms with Crippen molar-refractivity contribution >= 4 is 5.91 Å². The molecule has 0 aromatic carbocycles. The van der Waals surface area contributed by atoms with E-state index < -0.39 is 0 Å². The fraction of sp³-hybridized carbons (Fsp3) is 0.571. The molecule has 0 unspecified atom stereocenters. The summed E-state index contributed by atoms with van der Waals surface area (Å²) >= 11 is 0. The molecule has 0 spiro atoms. The quantitative estimate of drug-likeness (QED) is 0.609. The van der Waals surface area contributed by atoms with Gasteiger partial charge in [0.2, 0.25) is 5.76 Å². The van der Waals surface area contributed by atoms with Gasteiger partial charge in [-0.25, -0.2) is 0 Å². The number of hydrogen-bond acceptors (Lipinski definition) is 4. The maximum Gasteiger partial charge on any atom is 0.292 e. The summed E-state index contributed by atoms with van der Waals surface area (Å²) in [5.41, 5.74) is 0.723. The van der Waals surface area contributed by atoms with E-state index in [0.29, 0.717) is 24.9 Å². The molecule has 2 rings (SSSR count). The summed E-state index contributed by atoms with van der Waals surface area (Å²) in [7, 11) is 0. The Balaban J connectivity index is 1.80. The van der Waals surface area contributed by atoms with Gasteiger partial charge in [-0.3, -0.25) is 4.79 Å². The van der Waals surface area contributed by atoms with Crippen LogP contribution in [0.4, 0.5) is 0 Å². The number of amides is 1. The lowest BCUT2D eigenvalue weighted by atomic mass is 9.97. The fourth-order valence-electron chi connectivity index (χ4n) is 2.21. The molecule has 1 aromatic heterocycles. The number of hydrogen-bond donors (Lipinski definition) is 0. The van der Waals surface area contributed by atoms with Crippen LogP contribution in [0.2, 0.25) is 0 Å². The van der Waals surface area contributed by atoms with Gasteiger partial charge in [0.1, 0.15) is 6.61 Å². The summed E-state index contributed by atoms with van der Waals surface area (Å²) in [5, 5.41) is 3.74. The van der Waals surface area contributed by atoms with Gasteiger partial charge in [0.15, 0.2) is 0 Å². The summed E-state index contributed by atoms with van der Waals surface area (Å²) < 4.78 is 10.3. The van der Waals surface area contributed by atoms with Crippen LogP contribution in [0, 0.1) is 25.2 Å². The Morgan fingerprint density at radius 3 is 2.95 bits per heavy atom. The van der Waals surface area contributed by atoms with Crippen molar-refractivity contribution in [2.24, 2.45) is 5.92 Å². The van der Waals surface area contributed by atoms with E-state index in [1.807, 2.05) is 0 Å². The molecule has 0 bridgehead atoms. The average molecular weight is 262 g/mol. The van der Waals surface area contributed by atoms with E-state index in [1.165, 1.54) is 0 Å². The predicted octanol–water partition coefficient (Wildman–Crippen LogP) is 1.49. The Bertz CT molecular complexity index is 467. The number of likely N-dealkylation sites (tertiary alicyclic amines) is 1. The second-order valence-electron chi connectivity index (χ2n) is 4.79. The molecule has 0 saturated carbocycles. The van der Waals surface area contributed by atoms with E-state index in [1.54, 1.807) is 17.9 Å². The first-order valence-electron chi connectivity index (χ1n) is 6.44. The lowest BCUT2D eigenvalue weighted by molar-refractivity contribution is 0.0548. The van der Waals surface area contributed by atoms with Crippen molar-refractivity contribution < 1.29 is 14.1 Å². The number of aryl methyl sites for hydroxylation is 1. The standard InChI is InChI=1S/C14H18N2O3/c1-3-8-18-10-12-4-6-16(7-5-12)14(17)13-9-11(2)15-19-13/h1,9,12H,4-8,10H2,2H3. The molecule has 1 amide bonds. The molecule has 1 fully saturated rings. The number of terminal acetylenes is 1. The SMILES string of the molecule is C#CCOCC1CCN(C(=O)c2cc(C)no2)CC1. The summed E-state index contributed by atoms with van der Waals surface area (Å²) in [5.74, 6) is 3.17. The fourth-order valence-corrected chi connectivity index (χ4v) is 2.21. The number of aromatic nitrogens is 1. The van der Waals surface area contributed by atoms with Crippen molar-refractivity contribution in [2.45, 2.75) is 19.8 Å². The van der Waals surface area contributed by atoms with Crippen LogP contribution in [-0.2, 0) is 4.74 Å². The van der Waals surface area contributed by atoms with Crippen molar-refractivity contribution in [3.63, 3.8) is 0 Å². The molecule has 5 nitrogen and oxygen atoms in total. The van der Waals surface area contributed by atoms with Crippen molar-refractivity contribution in [1.29, 1.82) is 0 Å². The molecular weight excluding hydrogens is 244 g/mol. The van der Waals surface area contributed by atoms with Crippen molar-refractivity contribution in [3.8, 4) is 12.3 Å². The molecule has 0 aliphatic carbocycles. The Morgan fingerprint density at radius 1 is 1.63 bits per heavy atom. The van der Waals surface area contributed by atoms with Gasteiger partial charge in [-0.05, 0) is 25.7 Å². The zero-order valence-electron chi connectivity index (χ0n) is 11.1. The van der Waals surface area contributed by atoms with Gasteiger partial charge in [-0.1, -0.05) is 11.1 Å². The predicted molar refractivity (Wildman–Crippen MR) is 69.5 cm³/mol. The highest BCUT2D eigenvalue weighted by Crippen LogP contribution is 2.19. The normalized spacial score (nSPS) is 16.3. The van der Waals surface area contributed by atoms with Crippen LogP contribution in [0.25, 0.3) is 0 Å². The van der Waals surface area contributed by atoms with E-state index in [-0.39, 0.29) is 5.91 Å². The number of rotatable bonds is 4. The molecular formula is C14H18N2O3. The molecule has 0 N–H and O–H groups in total. The minimum Gasteiger partial charge on any atom is -0.369 e. The number of carbonyl (C=O) groups excluding carboxylic acids is 1. The summed E-state index contributed by atoms with van der Waals surface area (Å²) in [6, 6.07) is 1.67. The summed E-state index contributed by atoms with van der Waals surface area (Å²) in [6.07, 6.45) is 7.00. The first-order chi connectivity index (χ1) is 9.20. The monoisotopic (exact) mass is 262 g/mol. The van der Waals surface area contributed by atoms with Gasteiger partial charge in [0.25, 0.3) is 5.91 Å². The van der Waals surface area contributed by atoms with Crippen LogP contribution in [0.3, 0.4) is 0 Å². The highest BCUT2D eigenvalue weighted by atomic mass is 16.5. The molecule has 5 heteroatoms. The van der Waals surface area contributed by atoms with E-state index in [2.05, 4.69) is 11.1 Å². The third-order valence-corrected chi connectivity index (χ3v) is 3.28. The summed E-state index contributed by atoms with van der Waals surface area (Å²) in [6.45, 7) is 4.28. The van der Waals surface area contributed by atoms with Crippen LogP contribution in [0.1, 0.15) is 29.1 Å². The van der Waals surface area contributed by atoms with Crippen LogP contribution in [-0.4, -0.2) is 42.3 Å². The van der Waals surface area contributed by atoms with Gasteiger partial charge in [0.05, 0.1) is 12.3 Å². The Kier molecular flexibility index (Phi) is 4.58. The van der Waals surface area contributed by atoms with Gasteiger partial charge in [-0.2, -0.15) is 0 Å². The van der Waals surface area contributed by atoms with Crippen molar-refractivity contribution in [1.82, 2.24) is 10.1 Å². The van der Waals surface area contributed by atoms with Gasteiger partial charge in [-0.15, -0.1) is 6.42 Å². The van der Waals surface area contributed by atoms with Crippen molar-refractivity contribution in [2.75, 3.05) is 26.3 Å². The largest absolute Gasteiger partial charge is 0.369 e. The Labute approximate surface area is 112 Å². The second kappa shape index (κ2) is 6.39. The second-order valence-corrected chi connectivity index (χ2v) is 4.79. The minimum atomic E-state index is -0.0800. The smallest absolute Gasteiger partial charge is 0.292 e. The molecule has 19 heavy (non-hydrogen) atoms. The highest BCUT2D eigenvalue weighted by molar-refractivity contribution is 5.91. The maximum absolute atomic E-state index is 12.1. The highest BCUT2D eigenvalue weighted by Gasteiger charge is 2.25. The van der Waals surface area contributed by atoms with Gasteiger partial charge in [0, 0.05) is 19.2 Å². The molecule has 102 valence electrons. The number of nitrogens with zero attached hydrogens (tertiary/aromatic N) is 2. The van der Waals surface area contributed by atoms with Crippen LogP contribution >= 0.6 is 0 Å². The molecule has 0 atom stereocenters. The van der Waals surface area contributed by atoms with E-state index >= 15 is 0 Å². The van der Waals surface area contributed by atoms with Crippen molar-refractivity contribution in [3.05, 3.63) is 17.5 Å². The van der Waals surface area contributed by atoms with Gasteiger partial charge >= 0.3 is 0 Å². The zero-order valence-corrected chi connectivity index (χ0v) is 11.1. The van der Waals surface area contributed by atoms with E-state index in [4.69, 9.17) is 15.7 Å². The third-order valence-electron chi connectivity index (χ3n) is 3.28. The molecule has 1 saturated heterocycles. The first-order valence-corrected chi connectivity index (χ1v) is 6.44. The van der Waals surface area contributed by atoms with E-state index in [0.717, 1.165) is 31.6 Å². The molecule has 0 radical (unpaired) electrons. The number of ether oxygens (including phenoxy) is 1. The lowest BCUT2D eigenvalue weighted by Crippen LogP contribution is -2.39.